The summed E-state index contributed by atoms with van der Waals surface area (Å²) in [7, 11) is 0. The quantitative estimate of drug-likeness (QED) is 0.743. The van der Waals surface area contributed by atoms with Crippen LogP contribution in [0.25, 0.3) is 0 Å². The second-order valence-electron chi connectivity index (χ2n) is 5.88. The molecule has 1 aliphatic carbocycles. The average Bonchev–Trinajstić information content (AvgIpc) is 3.06. The number of hydrogen-bond acceptors (Lipinski definition) is 4. The lowest BCUT2D eigenvalue weighted by Gasteiger charge is -2.13. The monoisotopic (exact) mass is 338 g/mol. The van der Waals surface area contributed by atoms with Crippen molar-refractivity contribution in [3.63, 3.8) is 0 Å². The molecule has 1 aromatic heterocycles. The van der Waals surface area contributed by atoms with E-state index >= 15 is 0 Å². The summed E-state index contributed by atoms with van der Waals surface area (Å²) in [6.45, 7) is 3.77. The van der Waals surface area contributed by atoms with Crippen molar-refractivity contribution in [1.29, 1.82) is 0 Å². The summed E-state index contributed by atoms with van der Waals surface area (Å²) in [5.41, 5.74) is 1.36. The Balaban J connectivity index is 2.10. The molecular formula is C16H22N2O4S. The van der Waals surface area contributed by atoms with E-state index < -0.39 is 5.97 Å². The molecule has 0 unspecified atom stereocenters. The molecule has 1 aromatic rings. The van der Waals surface area contributed by atoms with Gasteiger partial charge in [-0.1, -0.05) is 12.8 Å². The Morgan fingerprint density at radius 3 is 2.43 bits per heavy atom. The number of hydrogen-bond donors (Lipinski definition) is 3. The summed E-state index contributed by atoms with van der Waals surface area (Å²) < 4.78 is 0. The van der Waals surface area contributed by atoms with Crippen LogP contribution >= 0.6 is 11.3 Å². The van der Waals surface area contributed by atoms with Crippen LogP contribution < -0.4 is 10.6 Å². The second-order valence-corrected chi connectivity index (χ2v) is 7.11. The Morgan fingerprint density at radius 1 is 1.17 bits per heavy atom. The molecule has 2 rings (SSSR count). The number of rotatable bonds is 6. The molecule has 1 heterocycles. The molecule has 6 nitrogen and oxygen atoms in total. The third-order valence-electron chi connectivity index (χ3n) is 4.12. The zero-order valence-electron chi connectivity index (χ0n) is 13.4. The fourth-order valence-corrected chi connectivity index (χ4v) is 3.80. The second kappa shape index (κ2) is 7.59. The van der Waals surface area contributed by atoms with Crippen LogP contribution in [0.1, 0.15) is 59.3 Å². The number of thiophene rings is 1. The van der Waals surface area contributed by atoms with Gasteiger partial charge in [-0.05, 0) is 32.3 Å². The van der Waals surface area contributed by atoms with Gasteiger partial charge < -0.3 is 15.7 Å². The highest BCUT2D eigenvalue weighted by Gasteiger charge is 2.24. The predicted molar refractivity (Wildman–Crippen MR) is 89.0 cm³/mol. The molecule has 0 spiro atoms. The van der Waals surface area contributed by atoms with Crippen LogP contribution in [0.4, 0.5) is 5.00 Å². The van der Waals surface area contributed by atoms with Crippen LogP contribution in [0.5, 0.6) is 0 Å². The highest BCUT2D eigenvalue weighted by Crippen LogP contribution is 2.33. The fourth-order valence-electron chi connectivity index (χ4n) is 2.73. The smallest absolute Gasteiger partial charge is 0.303 e. The van der Waals surface area contributed by atoms with E-state index in [4.69, 9.17) is 5.11 Å². The summed E-state index contributed by atoms with van der Waals surface area (Å²) in [5, 5.41) is 14.9. The van der Waals surface area contributed by atoms with E-state index in [1.54, 1.807) is 0 Å². The van der Waals surface area contributed by atoms with E-state index in [9.17, 15) is 14.4 Å². The predicted octanol–water partition coefficient (Wildman–Crippen LogP) is 2.84. The van der Waals surface area contributed by atoms with E-state index in [0.717, 1.165) is 36.1 Å². The fraction of sp³-hybridized carbons (Fsp3) is 0.562. The van der Waals surface area contributed by atoms with Gasteiger partial charge in [-0.3, -0.25) is 14.4 Å². The summed E-state index contributed by atoms with van der Waals surface area (Å²) in [6, 6.07) is 0.206. The van der Waals surface area contributed by atoms with Crippen LogP contribution in [0.15, 0.2) is 0 Å². The maximum Gasteiger partial charge on any atom is 0.303 e. The number of aryl methyl sites for hydroxylation is 1. The van der Waals surface area contributed by atoms with Crippen LogP contribution in [0.3, 0.4) is 0 Å². The molecule has 0 atom stereocenters. The minimum Gasteiger partial charge on any atom is -0.481 e. The van der Waals surface area contributed by atoms with Gasteiger partial charge in [0.2, 0.25) is 5.91 Å². The molecule has 1 fully saturated rings. The summed E-state index contributed by atoms with van der Waals surface area (Å²) >= 11 is 1.35. The van der Waals surface area contributed by atoms with Crippen molar-refractivity contribution in [3.8, 4) is 0 Å². The molecule has 1 aliphatic rings. The third-order valence-corrected chi connectivity index (χ3v) is 5.24. The first-order chi connectivity index (χ1) is 10.9. The summed E-state index contributed by atoms with van der Waals surface area (Å²) in [5.74, 6) is -1.56. The number of carboxylic acids is 1. The number of carboxylic acid groups (broad SMARTS) is 1. The van der Waals surface area contributed by atoms with Crippen molar-refractivity contribution in [2.75, 3.05) is 5.32 Å². The van der Waals surface area contributed by atoms with E-state index in [2.05, 4.69) is 10.6 Å². The maximum absolute atomic E-state index is 12.6. The van der Waals surface area contributed by atoms with E-state index in [-0.39, 0.29) is 30.7 Å². The van der Waals surface area contributed by atoms with Crippen molar-refractivity contribution >= 4 is 34.1 Å². The summed E-state index contributed by atoms with van der Waals surface area (Å²) in [6.07, 6.45) is 3.92. The minimum atomic E-state index is -1.02. The first-order valence-electron chi connectivity index (χ1n) is 7.81. The van der Waals surface area contributed by atoms with Crippen LogP contribution in [-0.4, -0.2) is 28.9 Å². The molecule has 0 bridgehead atoms. The van der Waals surface area contributed by atoms with E-state index in [0.29, 0.717) is 10.6 Å². The van der Waals surface area contributed by atoms with Gasteiger partial charge in [0, 0.05) is 17.3 Å². The van der Waals surface area contributed by atoms with Gasteiger partial charge in [0.05, 0.1) is 12.0 Å². The molecule has 3 N–H and O–H groups in total. The zero-order valence-corrected chi connectivity index (χ0v) is 14.2. The van der Waals surface area contributed by atoms with Crippen molar-refractivity contribution in [2.45, 2.75) is 58.4 Å². The highest BCUT2D eigenvalue weighted by atomic mass is 32.1. The number of nitrogens with one attached hydrogen (secondary N) is 2. The summed E-state index contributed by atoms with van der Waals surface area (Å²) in [4.78, 5) is 35.9. The maximum atomic E-state index is 12.6. The largest absolute Gasteiger partial charge is 0.481 e. The standard InChI is InChI=1S/C16H22N2O4S/c1-9-10(2)23-16(18-12(19)7-8-13(20)21)14(9)15(22)17-11-5-3-4-6-11/h11H,3-8H2,1-2H3,(H,17,22)(H,18,19)(H,20,21). The van der Waals surface area contributed by atoms with Crippen molar-refractivity contribution in [1.82, 2.24) is 5.32 Å². The Labute approximate surface area is 139 Å². The van der Waals surface area contributed by atoms with Crippen molar-refractivity contribution in [3.05, 3.63) is 16.0 Å². The van der Waals surface area contributed by atoms with Crippen LogP contribution in [0, 0.1) is 13.8 Å². The Hall–Kier alpha value is -1.89. The van der Waals surface area contributed by atoms with Gasteiger partial charge in [0.15, 0.2) is 0 Å². The Kier molecular flexibility index (Phi) is 5.76. The Bertz CT molecular complexity index is 618. The first-order valence-corrected chi connectivity index (χ1v) is 8.62. The normalized spacial score (nSPS) is 14.7. The topological polar surface area (TPSA) is 95.5 Å². The minimum absolute atomic E-state index is 0.102. The van der Waals surface area contributed by atoms with Gasteiger partial charge in [-0.25, -0.2) is 0 Å². The first kappa shape index (κ1) is 17.5. The average molecular weight is 338 g/mol. The lowest BCUT2D eigenvalue weighted by atomic mass is 10.1. The number of carbonyl (C=O) groups excluding carboxylic acids is 2. The Morgan fingerprint density at radius 2 is 1.83 bits per heavy atom. The molecule has 0 aromatic carbocycles. The number of amides is 2. The van der Waals surface area contributed by atoms with Crippen molar-refractivity contribution < 1.29 is 19.5 Å². The van der Waals surface area contributed by atoms with Crippen LogP contribution in [-0.2, 0) is 9.59 Å². The molecule has 2 amide bonds. The van der Waals surface area contributed by atoms with Gasteiger partial charge in [-0.2, -0.15) is 0 Å². The third kappa shape index (κ3) is 4.54. The lowest BCUT2D eigenvalue weighted by molar-refractivity contribution is -0.138. The molecule has 0 aliphatic heterocycles. The van der Waals surface area contributed by atoms with Gasteiger partial charge in [0.25, 0.3) is 5.91 Å². The molecule has 0 saturated heterocycles. The number of carbonyl (C=O) groups is 3. The SMILES string of the molecule is Cc1sc(NC(=O)CCC(=O)O)c(C(=O)NC2CCCC2)c1C. The van der Waals surface area contributed by atoms with Gasteiger partial charge in [0.1, 0.15) is 5.00 Å². The van der Waals surface area contributed by atoms with Crippen LogP contribution in [0.2, 0.25) is 0 Å². The van der Waals surface area contributed by atoms with Gasteiger partial charge in [-0.15, -0.1) is 11.3 Å². The number of aliphatic carboxylic acids is 1. The molecule has 1 saturated carbocycles. The molecule has 7 heteroatoms. The number of anilines is 1. The molecule has 126 valence electrons. The molecule has 0 radical (unpaired) electrons. The van der Waals surface area contributed by atoms with Gasteiger partial charge >= 0.3 is 5.97 Å². The zero-order chi connectivity index (χ0) is 17.0. The molecular weight excluding hydrogens is 316 g/mol. The van der Waals surface area contributed by atoms with Crippen molar-refractivity contribution in [2.24, 2.45) is 0 Å². The van der Waals surface area contributed by atoms with E-state index in [1.165, 1.54) is 11.3 Å². The highest BCUT2D eigenvalue weighted by molar-refractivity contribution is 7.16. The molecule has 23 heavy (non-hydrogen) atoms. The lowest BCUT2D eigenvalue weighted by Crippen LogP contribution is -2.33. The van der Waals surface area contributed by atoms with E-state index in [1.807, 2.05) is 13.8 Å².